The Morgan fingerprint density at radius 2 is 2.05 bits per heavy atom. The van der Waals surface area contributed by atoms with E-state index in [1.807, 2.05) is 37.4 Å². The highest BCUT2D eigenvalue weighted by molar-refractivity contribution is 6.33. The molecule has 6 nitrogen and oxygen atoms in total. The van der Waals surface area contributed by atoms with Crippen molar-refractivity contribution in [2.75, 3.05) is 7.05 Å². The molecule has 2 aromatic rings. The predicted molar refractivity (Wildman–Crippen MR) is 73.4 cm³/mol. The second-order valence-corrected chi connectivity index (χ2v) is 4.57. The van der Waals surface area contributed by atoms with E-state index in [0.29, 0.717) is 17.5 Å². The molecule has 0 fully saturated rings. The standard InChI is InChI=1S/C12H13ClN6/c1-18-12(15-16-17-18)10-7-14-19(11(10)13)8-9-5-3-2-4-6-9/h2-7,16-17H,8H2,1H3. The summed E-state index contributed by atoms with van der Waals surface area (Å²) in [6.07, 6.45) is 1.72. The van der Waals surface area contributed by atoms with Crippen LogP contribution in [0.15, 0.2) is 41.6 Å². The first-order valence-electron chi connectivity index (χ1n) is 5.83. The maximum atomic E-state index is 6.36. The van der Waals surface area contributed by atoms with Gasteiger partial charge in [0.2, 0.25) is 0 Å². The number of aromatic nitrogens is 2. The Bertz CT molecular complexity index is 606. The second kappa shape index (κ2) is 4.91. The topological polar surface area (TPSA) is 57.5 Å². The zero-order chi connectivity index (χ0) is 13.2. The zero-order valence-electron chi connectivity index (χ0n) is 10.3. The molecule has 3 rings (SSSR count). The number of rotatable bonds is 3. The van der Waals surface area contributed by atoms with Crippen LogP contribution in [0.5, 0.6) is 0 Å². The van der Waals surface area contributed by atoms with Crippen LogP contribution < -0.4 is 11.1 Å². The minimum Gasteiger partial charge on any atom is -0.274 e. The molecule has 0 saturated heterocycles. The van der Waals surface area contributed by atoms with Crippen molar-refractivity contribution in [3.63, 3.8) is 0 Å². The van der Waals surface area contributed by atoms with Gasteiger partial charge in [0.25, 0.3) is 0 Å². The lowest BCUT2D eigenvalue weighted by molar-refractivity contribution is 0.349. The Morgan fingerprint density at radius 3 is 2.74 bits per heavy atom. The van der Waals surface area contributed by atoms with Crippen molar-refractivity contribution < 1.29 is 0 Å². The fourth-order valence-corrected chi connectivity index (χ4v) is 2.15. The summed E-state index contributed by atoms with van der Waals surface area (Å²) in [6.45, 7) is 0.636. The lowest BCUT2D eigenvalue weighted by Gasteiger charge is -2.11. The molecule has 0 atom stereocenters. The Balaban J connectivity index is 1.87. The first-order chi connectivity index (χ1) is 9.25. The Labute approximate surface area is 115 Å². The largest absolute Gasteiger partial charge is 0.274 e. The van der Waals surface area contributed by atoms with Gasteiger partial charge in [-0.3, -0.25) is 5.01 Å². The van der Waals surface area contributed by atoms with Crippen molar-refractivity contribution in [1.82, 2.24) is 25.9 Å². The molecule has 98 valence electrons. The number of hydrazone groups is 1. The zero-order valence-corrected chi connectivity index (χ0v) is 11.1. The molecule has 0 amide bonds. The molecule has 0 bridgehead atoms. The molecule has 0 saturated carbocycles. The molecular formula is C12H13ClN6. The fraction of sp³-hybridized carbons (Fsp3) is 0.167. The van der Waals surface area contributed by atoms with Gasteiger partial charge in [0, 0.05) is 7.05 Å². The van der Waals surface area contributed by atoms with E-state index < -0.39 is 0 Å². The Kier molecular flexibility index (Phi) is 3.10. The Hall–Kier alpha value is -2.05. The smallest absolute Gasteiger partial charge is 0.177 e. The van der Waals surface area contributed by atoms with Crippen LogP contribution in [0.1, 0.15) is 11.1 Å². The van der Waals surface area contributed by atoms with E-state index in [0.717, 1.165) is 11.1 Å². The van der Waals surface area contributed by atoms with Gasteiger partial charge in [-0.25, -0.2) is 10.2 Å². The highest BCUT2D eigenvalue weighted by atomic mass is 35.5. The minimum atomic E-state index is 0.569. The van der Waals surface area contributed by atoms with Crippen LogP contribution in [0.4, 0.5) is 0 Å². The summed E-state index contributed by atoms with van der Waals surface area (Å²) in [4.78, 5) is 0. The van der Waals surface area contributed by atoms with Gasteiger partial charge >= 0.3 is 0 Å². The summed E-state index contributed by atoms with van der Waals surface area (Å²) < 4.78 is 1.75. The molecule has 1 aromatic heterocycles. The van der Waals surface area contributed by atoms with Crippen molar-refractivity contribution in [2.24, 2.45) is 5.10 Å². The van der Waals surface area contributed by atoms with Gasteiger partial charge < -0.3 is 0 Å². The molecule has 0 radical (unpaired) electrons. The molecule has 2 heterocycles. The molecular weight excluding hydrogens is 264 g/mol. The van der Waals surface area contributed by atoms with Crippen molar-refractivity contribution >= 4 is 17.4 Å². The van der Waals surface area contributed by atoms with Crippen LogP contribution in [0.3, 0.4) is 0 Å². The normalized spacial score (nSPS) is 14.4. The van der Waals surface area contributed by atoms with Gasteiger partial charge in [0.1, 0.15) is 5.15 Å². The van der Waals surface area contributed by atoms with Gasteiger partial charge in [-0.15, -0.1) is 10.6 Å². The van der Waals surface area contributed by atoms with Crippen LogP contribution in [-0.2, 0) is 6.54 Å². The SMILES string of the molecule is CN1NNN=C1c1cnn(Cc2ccccc2)c1Cl. The van der Waals surface area contributed by atoms with E-state index in [4.69, 9.17) is 11.6 Å². The summed E-state index contributed by atoms with van der Waals surface area (Å²) in [6, 6.07) is 10.1. The van der Waals surface area contributed by atoms with Crippen LogP contribution in [-0.4, -0.2) is 27.7 Å². The number of benzene rings is 1. The average Bonchev–Trinajstić information content (AvgIpc) is 2.98. The maximum absolute atomic E-state index is 6.36. The summed E-state index contributed by atoms with van der Waals surface area (Å²) in [5.41, 5.74) is 7.45. The third-order valence-corrected chi connectivity index (χ3v) is 3.29. The van der Waals surface area contributed by atoms with Gasteiger partial charge in [-0.05, 0) is 5.56 Å². The average molecular weight is 277 g/mol. The maximum Gasteiger partial charge on any atom is 0.177 e. The van der Waals surface area contributed by atoms with Gasteiger partial charge in [0.15, 0.2) is 5.84 Å². The number of nitrogens with zero attached hydrogens (tertiary/aromatic N) is 4. The molecule has 7 heteroatoms. The number of halogens is 1. The van der Waals surface area contributed by atoms with Crippen LogP contribution in [0.2, 0.25) is 5.15 Å². The Morgan fingerprint density at radius 1 is 1.26 bits per heavy atom. The molecule has 0 unspecified atom stereocenters. The lowest BCUT2D eigenvalue weighted by Crippen LogP contribution is -2.37. The fourth-order valence-electron chi connectivity index (χ4n) is 1.91. The van der Waals surface area contributed by atoms with Crippen molar-refractivity contribution in [3.8, 4) is 0 Å². The molecule has 0 spiro atoms. The van der Waals surface area contributed by atoms with Crippen molar-refractivity contribution in [1.29, 1.82) is 0 Å². The number of nitrogens with one attached hydrogen (secondary N) is 2. The molecule has 0 aliphatic carbocycles. The van der Waals surface area contributed by atoms with Gasteiger partial charge in [-0.1, -0.05) is 41.9 Å². The molecule has 1 aliphatic heterocycles. The van der Waals surface area contributed by atoms with E-state index >= 15 is 0 Å². The summed E-state index contributed by atoms with van der Waals surface area (Å²) in [5, 5.41) is 10.7. The van der Waals surface area contributed by atoms with Crippen LogP contribution in [0, 0.1) is 0 Å². The van der Waals surface area contributed by atoms with Crippen LogP contribution >= 0.6 is 11.6 Å². The van der Waals surface area contributed by atoms with Gasteiger partial charge in [0.05, 0.1) is 18.3 Å². The predicted octanol–water partition coefficient (Wildman–Crippen LogP) is 1.20. The van der Waals surface area contributed by atoms with E-state index in [1.54, 1.807) is 15.9 Å². The number of amidine groups is 1. The third-order valence-electron chi connectivity index (χ3n) is 2.89. The summed E-state index contributed by atoms with van der Waals surface area (Å²) in [7, 11) is 1.85. The third kappa shape index (κ3) is 2.27. The molecule has 1 aromatic carbocycles. The van der Waals surface area contributed by atoms with E-state index in [1.165, 1.54) is 0 Å². The molecule has 2 N–H and O–H groups in total. The monoisotopic (exact) mass is 276 g/mol. The first kappa shape index (κ1) is 12.0. The van der Waals surface area contributed by atoms with Crippen LogP contribution in [0.25, 0.3) is 0 Å². The van der Waals surface area contributed by atoms with Crippen molar-refractivity contribution in [2.45, 2.75) is 6.54 Å². The highest BCUT2D eigenvalue weighted by Crippen LogP contribution is 2.19. The van der Waals surface area contributed by atoms with E-state index in [9.17, 15) is 0 Å². The number of hydrogen-bond donors (Lipinski definition) is 2. The van der Waals surface area contributed by atoms with Crippen molar-refractivity contribution in [3.05, 3.63) is 52.8 Å². The van der Waals surface area contributed by atoms with E-state index in [-0.39, 0.29) is 0 Å². The quantitative estimate of drug-likeness (QED) is 0.885. The molecule has 19 heavy (non-hydrogen) atoms. The first-order valence-corrected chi connectivity index (χ1v) is 6.21. The summed E-state index contributed by atoms with van der Waals surface area (Å²) in [5.74, 6) is 0.712. The second-order valence-electron chi connectivity index (χ2n) is 4.21. The van der Waals surface area contributed by atoms with Gasteiger partial charge in [-0.2, -0.15) is 5.10 Å². The summed E-state index contributed by atoms with van der Waals surface area (Å²) >= 11 is 6.36. The number of hydrazine groups is 2. The number of hydrogen-bond acceptors (Lipinski definition) is 5. The lowest BCUT2D eigenvalue weighted by atomic mass is 10.2. The van der Waals surface area contributed by atoms with E-state index in [2.05, 4.69) is 21.3 Å². The molecule has 1 aliphatic rings. The highest BCUT2D eigenvalue weighted by Gasteiger charge is 2.20. The minimum absolute atomic E-state index is 0.569.